The van der Waals surface area contributed by atoms with Crippen LogP contribution in [0.5, 0.6) is 0 Å². The van der Waals surface area contributed by atoms with Crippen LogP contribution in [-0.2, 0) is 9.53 Å². The molecule has 1 fully saturated rings. The highest BCUT2D eigenvalue weighted by molar-refractivity contribution is 6.33. The molecule has 166 valence electrons. The van der Waals surface area contributed by atoms with Gasteiger partial charge in [0.1, 0.15) is 5.69 Å². The number of hydrogen-bond acceptors (Lipinski definition) is 4. The van der Waals surface area contributed by atoms with Crippen LogP contribution in [0.15, 0.2) is 54.6 Å². The third-order valence-electron chi connectivity index (χ3n) is 5.65. The van der Waals surface area contributed by atoms with Gasteiger partial charge in [0.15, 0.2) is 0 Å². The minimum absolute atomic E-state index is 0.161. The highest BCUT2D eigenvalue weighted by Gasteiger charge is 2.31. The smallest absolute Gasteiger partial charge is 0.310 e. The van der Waals surface area contributed by atoms with Gasteiger partial charge in [0.25, 0.3) is 5.91 Å². The zero-order valence-electron chi connectivity index (χ0n) is 18.3. The number of amides is 1. The summed E-state index contributed by atoms with van der Waals surface area (Å²) in [6.45, 7) is 5.07. The SMILES string of the molecule is CCOC(=O)C1CCCN(C(=O)c2cc(-c3ccccc3Cl)nn2-c2cccc(C)c2)C1. The fraction of sp³-hybridized carbons (Fsp3) is 0.320. The molecule has 1 atom stereocenters. The first-order chi connectivity index (χ1) is 15.5. The normalized spacial score (nSPS) is 16.1. The molecule has 6 nitrogen and oxygen atoms in total. The number of piperidine rings is 1. The molecule has 3 aromatic rings. The molecule has 1 amide bonds. The Morgan fingerprint density at radius 1 is 1.16 bits per heavy atom. The molecule has 1 aliphatic heterocycles. The van der Waals surface area contributed by atoms with E-state index in [0.29, 0.717) is 36.1 Å². The fourth-order valence-corrected chi connectivity index (χ4v) is 4.30. The van der Waals surface area contributed by atoms with Crippen LogP contribution in [0.3, 0.4) is 0 Å². The zero-order valence-corrected chi connectivity index (χ0v) is 19.0. The maximum atomic E-state index is 13.6. The number of rotatable bonds is 5. The van der Waals surface area contributed by atoms with Gasteiger partial charge in [-0.3, -0.25) is 9.59 Å². The van der Waals surface area contributed by atoms with E-state index < -0.39 is 0 Å². The molecule has 0 radical (unpaired) electrons. The lowest BCUT2D eigenvalue weighted by molar-refractivity contribution is -0.149. The Kier molecular flexibility index (Phi) is 6.61. The average molecular weight is 452 g/mol. The number of esters is 1. The van der Waals surface area contributed by atoms with Gasteiger partial charge in [-0.25, -0.2) is 4.68 Å². The van der Waals surface area contributed by atoms with Crippen LogP contribution in [0.4, 0.5) is 0 Å². The van der Waals surface area contributed by atoms with Crippen molar-refractivity contribution < 1.29 is 14.3 Å². The molecule has 32 heavy (non-hydrogen) atoms. The summed E-state index contributed by atoms with van der Waals surface area (Å²) in [6, 6.07) is 17.1. The summed E-state index contributed by atoms with van der Waals surface area (Å²) in [7, 11) is 0. The lowest BCUT2D eigenvalue weighted by atomic mass is 9.98. The monoisotopic (exact) mass is 451 g/mol. The second-order valence-corrected chi connectivity index (χ2v) is 8.40. The summed E-state index contributed by atoms with van der Waals surface area (Å²) in [6.07, 6.45) is 1.48. The van der Waals surface area contributed by atoms with E-state index in [1.54, 1.807) is 28.6 Å². The van der Waals surface area contributed by atoms with Crippen molar-refractivity contribution in [3.05, 3.63) is 70.9 Å². The van der Waals surface area contributed by atoms with Gasteiger partial charge in [0, 0.05) is 18.7 Å². The number of ether oxygens (including phenoxy) is 1. The van der Waals surface area contributed by atoms with Crippen molar-refractivity contribution in [2.75, 3.05) is 19.7 Å². The molecule has 4 rings (SSSR count). The maximum absolute atomic E-state index is 13.6. The van der Waals surface area contributed by atoms with Gasteiger partial charge in [-0.1, -0.05) is 41.9 Å². The molecule has 7 heteroatoms. The van der Waals surface area contributed by atoms with Crippen LogP contribution in [-0.4, -0.2) is 46.3 Å². The third-order valence-corrected chi connectivity index (χ3v) is 5.98. The molecule has 0 bridgehead atoms. The van der Waals surface area contributed by atoms with Crippen molar-refractivity contribution in [2.45, 2.75) is 26.7 Å². The number of hydrogen-bond donors (Lipinski definition) is 0. The molecule has 1 saturated heterocycles. The second-order valence-electron chi connectivity index (χ2n) is 7.99. The number of carbonyl (C=O) groups excluding carboxylic acids is 2. The molecule has 0 N–H and O–H groups in total. The summed E-state index contributed by atoms with van der Waals surface area (Å²) < 4.78 is 6.86. The van der Waals surface area contributed by atoms with Crippen molar-refractivity contribution in [3.63, 3.8) is 0 Å². The van der Waals surface area contributed by atoms with Gasteiger partial charge >= 0.3 is 5.97 Å². The standard InChI is InChI=1S/C25H26ClN3O3/c1-3-32-25(31)18-9-7-13-28(16-18)24(30)23-15-22(20-11-4-5-12-21(20)26)27-29(23)19-10-6-8-17(2)14-19/h4-6,8,10-12,14-15,18H,3,7,9,13,16H2,1-2H3. The number of halogens is 1. The number of aromatic nitrogens is 2. The minimum atomic E-state index is -0.300. The van der Waals surface area contributed by atoms with Crippen LogP contribution in [0, 0.1) is 12.8 Å². The van der Waals surface area contributed by atoms with E-state index in [0.717, 1.165) is 29.7 Å². The van der Waals surface area contributed by atoms with E-state index >= 15 is 0 Å². The Hall–Kier alpha value is -3.12. The van der Waals surface area contributed by atoms with Crippen molar-refractivity contribution in [1.29, 1.82) is 0 Å². The van der Waals surface area contributed by atoms with E-state index in [2.05, 4.69) is 0 Å². The Bertz CT molecular complexity index is 1140. The first-order valence-corrected chi connectivity index (χ1v) is 11.2. The minimum Gasteiger partial charge on any atom is -0.466 e. The van der Waals surface area contributed by atoms with E-state index in [4.69, 9.17) is 21.4 Å². The van der Waals surface area contributed by atoms with Gasteiger partial charge in [-0.2, -0.15) is 5.10 Å². The molecule has 1 unspecified atom stereocenters. The molecule has 1 aliphatic rings. The number of carbonyl (C=O) groups is 2. The molecule has 0 spiro atoms. The Labute approximate surface area is 192 Å². The fourth-order valence-electron chi connectivity index (χ4n) is 4.07. The lowest BCUT2D eigenvalue weighted by Gasteiger charge is -2.31. The summed E-state index contributed by atoms with van der Waals surface area (Å²) in [4.78, 5) is 27.6. The van der Waals surface area contributed by atoms with Crippen molar-refractivity contribution in [1.82, 2.24) is 14.7 Å². The van der Waals surface area contributed by atoms with Gasteiger partial charge < -0.3 is 9.64 Å². The molecule has 2 aromatic carbocycles. The van der Waals surface area contributed by atoms with Crippen molar-refractivity contribution >= 4 is 23.5 Å². The number of aryl methyl sites for hydroxylation is 1. The van der Waals surface area contributed by atoms with E-state index in [-0.39, 0.29) is 17.8 Å². The maximum Gasteiger partial charge on any atom is 0.310 e. The predicted molar refractivity (Wildman–Crippen MR) is 124 cm³/mol. The Balaban J connectivity index is 1.72. The van der Waals surface area contributed by atoms with Gasteiger partial charge in [0.2, 0.25) is 0 Å². The third kappa shape index (κ3) is 4.55. The number of likely N-dealkylation sites (tertiary alicyclic amines) is 1. The quantitative estimate of drug-likeness (QED) is 0.516. The van der Waals surface area contributed by atoms with Crippen molar-refractivity contribution in [2.24, 2.45) is 5.92 Å². The lowest BCUT2D eigenvalue weighted by Crippen LogP contribution is -2.43. The van der Waals surface area contributed by atoms with Crippen LogP contribution in [0.1, 0.15) is 35.8 Å². The molecular formula is C25H26ClN3O3. The van der Waals surface area contributed by atoms with Crippen molar-refractivity contribution in [3.8, 4) is 16.9 Å². The molecule has 1 aromatic heterocycles. The van der Waals surface area contributed by atoms with Crippen LogP contribution >= 0.6 is 11.6 Å². The van der Waals surface area contributed by atoms with Crippen LogP contribution in [0.2, 0.25) is 5.02 Å². The largest absolute Gasteiger partial charge is 0.466 e. The highest BCUT2D eigenvalue weighted by Crippen LogP contribution is 2.29. The summed E-state index contributed by atoms with van der Waals surface area (Å²) >= 11 is 6.41. The number of nitrogens with zero attached hydrogens (tertiary/aromatic N) is 3. The molecular weight excluding hydrogens is 426 g/mol. The molecule has 2 heterocycles. The van der Waals surface area contributed by atoms with E-state index in [1.807, 2.05) is 49.4 Å². The second kappa shape index (κ2) is 9.57. The topological polar surface area (TPSA) is 64.4 Å². The van der Waals surface area contributed by atoms with Crippen LogP contribution in [0.25, 0.3) is 16.9 Å². The summed E-state index contributed by atoms with van der Waals surface area (Å²) in [5.74, 6) is -0.703. The summed E-state index contributed by atoms with van der Waals surface area (Å²) in [5.41, 5.74) is 3.69. The van der Waals surface area contributed by atoms with E-state index in [1.165, 1.54) is 0 Å². The molecule has 0 saturated carbocycles. The Morgan fingerprint density at radius 3 is 2.72 bits per heavy atom. The Morgan fingerprint density at radius 2 is 1.97 bits per heavy atom. The first kappa shape index (κ1) is 22.1. The van der Waals surface area contributed by atoms with Gasteiger partial charge in [-0.15, -0.1) is 0 Å². The van der Waals surface area contributed by atoms with E-state index in [9.17, 15) is 9.59 Å². The average Bonchev–Trinajstić information content (AvgIpc) is 3.24. The predicted octanol–water partition coefficient (Wildman–Crippen LogP) is 4.92. The zero-order chi connectivity index (χ0) is 22.7. The highest BCUT2D eigenvalue weighted by atomic mass is 35.5. The molecule has 0 aliphatic carbocycles. The first-order valence-electron chi connectivity index (χ1n) is 10.9. The summed E-state index contributed by atoms with van der Waals surface area (Å²) in [5, 5.41) is 5.32. The van der Waals surface area contributed by atoms with Crippen LogP contribution < -0.4 is 0 Å². The van der Waals surface area contributed by atoms with Gasteiger partial charge in [0.05, 0.1) is 28.9 Å². The number of benzene rings is 2. The van der Waals surface area contributed by atoms with Gasteiger partial charge in [-0.05, 0) is 56.5 Å².